The lowest BCUT2D eigenvalue weighted by molar-refractivity contribution is -0.122. The van der Waals surface area contributed by atoms with E-state index in [2.05, 4.69) is 10.3 Å². The van der Waals surface area contributed by atoms with Crippen LogP contribution in [0.5, 0.6) is 0 Å². The summed E-state index contributed by atoms with van der Waals surface area (Å²) in [5.74, 6) is -0.978. The molecule has 0 radical (unpaired) electrons. The molecule has 92 valence electrons. The molecule has 0 aromatic carbocycles. The molecule has 0 unspecified atom stereocenters. The number of hydrogen-bond donors (Lipinski definition) is 3. The number of nitrogens with two attached hydrogens (primary N) is 1. The Morgan fingerprint density at radius 2 is 2.18 bits per heavy atom. The molecule has 0 aliphatic carbocycles. The van der Waals surface area contributed by atoms with Crippen LogP contribution in [0.1, 0.15) is 10.5 Å². The number of H-pyrrole nitrogens is 1. The fraction of sp³-hybridized carbons (Fsp3) is 0.300. The first-order chi connectivity index (χ1) is 8.09. The van der Waals surface area contributed by atoms with Crippen LogP contribution in [0.3, 0.4) is 0 Å². The van der Waals surface area contributed by atoms with E-state index >= 15 is 0 Å². The Hall–Kier alpha value is -2.15. The van der Waals surface area contributed by atoms with Crippen molar-refractivity contribution in [2.45, 2.75) is 0 Å². The highest BCUT2D eigenvalue weighted by molar-refractivity contribution is 5.92. The third kappa shape index (κ3) is 4.94. The van der Waals surface area contributed by atoms with Gasteiger partial charge in [0, 0.05) is 12.6 Å². The van der Waals surface area contributed by atoms with Crippen LogP contribution in [0, 0.1) is 0 Å². The monoisotopic (exact) mass is 239 g/mol. The van der Waals surface area contributed by atoms with Gasteiger partial charge in [-0.05, 0) is 6.07 Å². The van der Waals surface area contributed by atoms with Crippen molar-refractivity contribution in [1.82, 2.24) is 10.3 Å². The number of amides is 2. The Bertz CT molecular complexity index is 455. The molecule has 0 aliphatic rings. The van der Waals surface area contributed by atoms with Crippen LogP contribution < -0.4 is 16.6 Å². The molecule has 0 aliphatic heterocycles. The van der Waals surface area contributed by atoms with Crippen LogP contribution in [-0.2, 0) is 9.53 Å². The Morgan fingerprint density at radius 1 is 1.41 bits per heavy atom. The maximum absolute atomic E-state index is 11.5. The lowest BCUT2D eigenvalue weighted by Crippen LogP contribution is -2.30. The maximum Gasteiger partial charge on any atom is 0.267 e. The van der Waals surface area contributed by atoms with Gasteiger partial charge in [-0.15, -0.1) is 0 Å². The number of carbonyl (C=O) groups is 2. The van der Waals surface area contributed by atoms with Crippen molar-refractivity contribution in [3.05, 3.63) is 34.2 Å². The van der Waals surface area contributed by atoms with Crippen LogP contribution in [-0.4, -0.2) is 36.6 Å². The fourth-order valence-electron chi connectivity index (χ4n) is 1.08. The van der Waals surface area contributed by atoms with Crippen molar-refractivity contribution in [3.63, 3.8) is 0 Å². The maximum atomic E-state index is 11.5. The molecule has 0 saturated heterocycles. The largest absolute Gasteiger partial charge is 0.370 e. The summed E-state index contributed by atoms with van der Waals surface area (Å²) in [5.41, 5.74) is 4.68. The van der Waals surface area contributed by atoms with Crippen molar-refractivity contribution < 1.29 is 14.3 Å². The number of aromatic nitrogens is 1. The number of ether oxygens (including phenoxy) is 1. The lowest BCUT2D eigenvalue weighted by Gasteiger charge is -2.04. The van der Waals surface area contributed by atoms with Crippen molar-refractivity contribution in [2.75, 3.05) is 19.8 Å². The van der Waals surface area contributed by atoms with E-state index in [1.807, 2.05) is 0 Å². The highest BCUT2D eigenvalue weighted by atomic mass is 16.5. The van der Waals surface area contributed by atoms with Gasteiger partial charge >= 0.3 is 0 Å². The number of primary amides is 1. The molecule has 17 heavy (non-hydrogen) atoms. The standard InChI is InChI=1S/C10H13N3O4/c11-8(14)6-17-5-4-12-10(16)7-2-1-3-9(15)13-7/h1-3H,4-6H2,(H2,11,14)(H,12,16)(H,13,15). The lowest BCUT2D eigenvalue weighted by atomic mass is 10.3. The molecule has 2 amide bonds. The smallest absolute Gasteiger partial charge is 0.267 e. The normalized spacial score (nSPS) is 9.88. The number of nitrogens with one attached hydrogen (secondary N) is 2. The summed E-state index contributed by atoms with van der Waals surface area (Å²) < 4.78 is 4.84. The first kappa shape index (κ1) is 12.9. The van der Waals surface area contributed by atoms with Gasteiger partial charge in [0.15, 0.2) is 0 Å². The van der Waals surface area contributed by atoms with Gasteiger partial charge in [-0.25, -0.2) is 0 Å². The second-order valence-electron chi connectivity index (χ2n) is 3.20. The Morgan fingerprint density at radius 3 is 2.82 bits per heavy atom. The number of aromatic amines is 1. The second kappa shape index (κ2) is 6.44. The summed E-state index contributed by atoms with van der Waals surface area (Å²) in [7, 11) is 0. The van der Waals surface area contributed by atoms with Gasteiger partial charge in [0.2, 0.25) is 11.5 Å². The van der Waals surface area contributed by atoms with E-state index in [9.17, 15) is 14.4 Å². The minimum absolute atomic E-state index is 0.172. The fourth-order valence-corrected chi connectivity index (χ4v) is 1.08. The van der Waals surface area contributed by atoms with Crippen LogP contribution in [0.15, 0.2) is 23.0 Å². The molecule has 1 rings (SSSR count). The minimum atomic E-state index is -0.566. The van der Waals surface area contributed by atoms with Crippen LogP contribution in [0.25, 0.3) is 0 Å². The van der Waals surface area contributed by atoms with Crippen molar-refractivity contribution >= 4 is 11.8 Å². The molecule has 7 heteroatoms. The van der Waals surface area contributed by atoms with Crippen LogP contribution >= 0.6 is 0 Å². The van der Waals surface area contributed by atoms with E-state index in [-0.39, 0.29) is 31.0 Å². The zero-order valence-corrected chi connectivity index (χ0v) is 9.06. The van der Waals surface area contributed by atoms with E-state index in [0.29, 0.717) is 0 Å². The molecule has 7 nitrogen and oxygen atoms in total. The number of hydrogen-bond acceptors (Lipinski definition) is 4. The molecule has 0 fully saturated rings. The molecule has 0 bridgehead atoms. The van der Waals surface area contributed by atoms with E-state index in [0.717, 1.165) is 0 Å². The molecular formula is C10H13N3O4. The quantitative estimate of drug-likeness (QED) is 0.530. The third-order valence-corrected chi connectivity index (χ3v) is 1.79. The summed E-state index contributed by atoms with van der Waals surface area (Å²) in [4.78, 5) is 35.1. The predicted octanol–water partition coefficient (Wildman–Crippen LogP) is -1.39. The second-order valence-corrected chi connectivity index (χ2v) is 3.20. The number of pyridine rings is 1. The van der Waals surface area contributed by atoms with Crippen molar-refractivity contribution in [1.29, 1.82) is 0 Å². The number of rotatable bonds is 6. The summed E-state index contributed by atoms with van der Waals surface area (Å²) >= 11 is 0. The Balaban J connectivity index is 2.30. The van der Waals surface area contributed by atoms with E-state index < -0.39 is 11.8 Å². The zero-order chi connectivity index (χ0) is 12.7. The first-order valence-corrected chi connectivity index (χ1v) is 4.93. The molecule has 1 aromatic heterocycles. The summed E-state index contributed by atoms with van der Waals surface area (Å²) in [6, 6.07) is 4.28. The molecular weight excluding hydrogens is 226 g/mol. The van der Waals surface area contributed by atoms with E-state index in [1.54, 1.807) is 0 Å². The van der Waals surface area contributed by atoms with E-state index in [1.165, 1.54) is 18.2 Å². The van der Waals surface area contributed by atoms with Gasteiger partial charge in [-0.3, -0.25) is 14.4 Å². The molecule has 0 spiro atoms. The summed E-state index contributed by atoms with van der Waals surface area (Å²) in [6.45, 7) is 0.215. The average Bonchev–Trinajstić information content (AvgIpc) is 2.28. The van der Waals surface area contributed by atoms with Crippen LogP contribution in [0.4, 0.5) is 0 Å². The molecule has 0 saturated carbocycles. The van der Waals surface area contributed by atoms with Crippen LogP contribution in [0.2, 0.25) is 0 Å². The summed E-state index contributed by atoms with van der Waals surface area (Å²) in [6.07, 6.45) is 0. The molecule has 4 N–H and O–H groups in total. The third-order valence-electron chi connectivity index (χ3n) is 1.79. The van der Waals surface area contributed by atoms with Gasteiger partial charge in [0.25, 0.3) is 5.91 Å². The topological polar surface area (TPSA) is 114 Å². The van der Waals surface area contributed by atoms with Gasteiger partial charge < -0.3 is 20.8 Å². The molecule has 0 atom stereocenters. The molecule has 1 heterocycles. The highest BCUT2D eigenvalue weighted by Gasteiger charge is 2.04. The van der Waals surface area contributed by atoms with Gasteiger partial charge in [-0.1, -0.05) is 6.07 Å². The minimum Gasteiger partial charge on any atom is -0.370 e. The Kier molecular flexibility index (Phi) is 4.89. The van der Waals surface area contributed by atoms with Gasteiger partial charge in [-0.2, -0.15) is 0 Å². The average molecular weight is 239 g/mol. The van der Waals surface area contributed by atoms with Crippen molar-refractivity contribution in [2.24, 2.45) is 5.73 Å². The Labute approximate surface area is 97.0 Å². The predicted molar refractivity (Wildman–Crippen MR) is 59.4 cm³/mol. The van der Waals surface area contributed by atoms with Gasteiger partial charge in [0.05, 0.1) is 6.61 Å². The van der Waals surface area contributed by atoms with Gasteiger partial charge in [0.1, 0.15) is 12.3 Å². The highest BCUT2D eigenvalue weighted by Crippen LogP contribution is 1.89. The zero-order valence-electron chi connectivity index (χ0n) is 9.06. The SMILES string of the molecule is NC(=O)COCCNC(=O)c1cccc(=O)[nH]1. The van der Waals surface area contributed by atoms with E-state index in [4.69, 9.17) is 10.5 Å². The number of carbonyl (C=O) groups excluding carboxylic acids is 2. The molecule has 1 aromatic rings. The first-order valence-electron chi connectivity index (χ1n) is 4.93. The summed E-state index contributed by atoms with van der Waals surface area (Å²) in [5, 5.41) is 2.51. The van der Waals surface area contributed by atoms with Crippen molar-refractivity contribution in [3.8, 4) is 0 Å².